The van der Waals surface area contributed by atoms with E-state index in [9.17, 15) is 19.5 Å². The summed E-state index contributed by atoms with van der Waals surface area (Å²) < 4.78 is 44.6. The molecule has 0 aromatic heterocycles. The van der Waals surface area contributed by atoms with Gasteiger partial charge in [-0.15, -0.1) is 0 Å². The van der Waals surface area contributed by atoms with E-state index in [2.05, 4.69) is 29.0 Å². The van der Waals surface area contributed by atoms with Crippen molar-refractivity contribution >= 4 is 23.2 Å². The fraction of sp³-hybridized carbons (Fsp3) is 0.361. The second kappa shape index (κ2) is 12.0. The van der Waals surface area contributed by atoms with Crippen LogP contribution < -0.4 is 14.8 Å². The van der Waals surface area contributed by atoms with E-state index in [1.807, 2.05) is 0 Å². The molecule has 7 rings (SSSR count). The van der Waals surface area contributed by atoms with E-state index < -0.39 is 52.4 Å². The van der Waals surface area contributed by atoms with Crippen molar-refractivity contribution in [1.29, 1.82) is 0 Å². The number of rotatable bonds is 10. The van der Waals surface area contributed by atoms with Gasteiger partial charge in [0.05, 0.1) is 40.6 Å². The van der Waals surface area contributed by atoms with Crippen LogP contribution in [-0.4, -0.2) is 83.1 Å². The van der Waals surface area contributed by atoms with Gasteiger partial charge in [-0.2, -0.15) is 0 Å². The standard InChI is InChI=1S/C36H31NO12/c1-18-25(34(41)48-17-44-4)33(45-5)19-10-8-6-7-9-11-24-35(18)36(19,49-35)20-14-21(38)26-29(30(20)37-24)32(40)28-23(47-16-43-3)13-12-22(46-15-42-2)27(28)31(26)39/h6-7,12-14,18-19,24,37-38H,15-17H2,1-5H3/b7-6-/t18-,19+,24-,35-,36+/m0/s1. The van der Waals surface area contributed by atoms with Crippen LogP contribution in [0.5, 0.6) is 17.2 Å². The maximum absolute atomic E-state index is 14.7. The second-order valence-electron chi connectivity index (χ2n) is 11.7. The first-order valence-corrected chi connectivity index (χ1v) is 15.2. The zero-order chi connectivity index (χ0) is 34.7. The van der Waals surface area contributed by atoms with E-state index >= 15 is 0 Å². The van der Waals surface area contributed by atoms with Crippen LogP contribution >= 0.6 is 0 Å². The van der Waals surface area contributed by atoms with Gasteiger partial charge in [0.2, 0.25) is 11.6 Å². The number of aromatic hydroxyl groups is 1. The molecule has 0 radical (unpaired) electrons. The number of carbonyl (C=O) groups is 3. The molecule has 1 saturated heterocycles. The number of phenols is 1. The first-order chi connectivity index (χ1) is 23.7. The van der Waals surface area contributed by atoms with Gasteiger partial charge in [0.1, 0.15) is 46.2 Å². The highest BCUT2D eigenvalue weighted by molar-refractivity contribution is 6.33. The Balaban J connectivity index is 1.49. The van der Waals surface area contributed by atoms with Crippen molar-refractivity contribution in [3.63, 3.8) is 0 Å². The molecule has 5 aliphatic rings. The number of allylic oxidation sites excluding steroid dienone is 2. The Bertz CT molecular complexity index is 2010. The minimum Gasteiger partial charge on any atom is -0.507 e. The molecule has 0 saturated carbocycles. The molecule has 13 heteroatoms. The second-order valence-corrected chi connectivity index (χ2v) is 11.7. The third-order valence-corrected chi connectivity index (χ3v) is 9.46. The summed E-state index contributed by atoms with van der Waals surface area (Å²) in [6, 6.07) is 3.53. The molecule has 0 amide bonds. The van der Waals surface area contributed by atoms with Crippen molar-refractivity contribution in [2.75, 3.05) is 54.1 Å². The Morgan fingerprint density at radius 1 is 0.898 bits per heavy atom. The summed E-state index contributed by atoms with van der Waals surface area (Å²) in [5.74, 6) is 8.57. The maximum atomic E-state index is 14.7. The summed E-state index contributed by atoms with van der Waals surface area (Å²) in [6.45, 7) is 1.09. The molecule has 49 heavy (non-hydrogen) atoms. The summed E-state index contributed by atoms with van der Waals surface area (Å²) >= 11 is 0. The number of esters is 1. The number of carbonyl (C=O) groups excluding carboxylic acids is 3. The third-order valence-electron chi connectivity index (χ3n) is 9.46. The molecule has 0 spiro atoms. The van der Waals surface area contributed by atoms with Gasteiger partial charge in [-0.1, -0.05) is 30.6 Å². The summed E-state index contributed by atoms with van der Waals surface area (Å²) in [5, 5.41) is 15.0. The highest BCUT2D eigenvalue weighted by Crippen LogP contribution is 2.74. The van der Waals surface area contributed by atoms with Crippen molar-refractivity contribution < 1.29 is 57.4 Å². The van der Waals surface area contributed by atoms with Crippen LogP contribution in [0.3, 0.4) is 0 Å². The molecular weight excluding hydrogens is 638 g/mol. The Morgan fingerprint density at radius 2 is 1.51 bits per heavy atom. The van der Waals surface area contributed by atoms with Gasteiger partial charge >= 0.3 is 5.97 Å². The zero-order valence-electron chi connectivity index (χ0n) is 27.2. The van der Waals surface area contributed by atoms with E-state index in [0.717, 1.165) is 0 Å². The van der Waals surface area contributed by atoms with Crippen LogP contribution in [-0.2, 0) is 38.8 Å². The molecule has 0 unspecified atom stereocenters. The zero-order valence-corrected chi connectivity index (χ0v) is 27.2. The van der Waals surface area contributed by atoms with Gasteiger partial charge in [0, 0.05) is 32.8 Å². The highest BCUT2D eigenvalue weighted by atomic mass is 16.7. The predicted octanol–water partition coefficient (Wildman–Crippen LogP) is 2.78. The van der Waals surface area contributed by atoms with E-state index in [4.69, 9.17) is 37.9 Å². The first-order valence-electron chi connectivity index (χ1n) is 15.2. The minimum absolute atomic E-state index is 0.0655. The van der Waals surface area contributed by atoms with Crippen molar-refractivity contribution in [2.24, 2.45) is 11.8 Å². The molecule has 2 heterocycles. The van der Waals surface area contributed by atoms with E-state index in [1.54, 1.807) is 19.1 Å². The Labute approximate surface area is 281 Å². The Kier molecular flexibility index (Phi) is 7.89. The van der Waals surface area contributed by atoms with E-state index in [0.29, 0.717) is 5.56 Å². The molecule has 2 N–H and O–H groups in total. The lowest BCUT2D eigenvalue weighted by molar-refractivity contribution is -0.150. The van der Waals surface area contributed by atoms with Crippen molar-refractivity contribution in [3.8, 4) is 40.9 Å². The number of methoxy groups -OCH3 is 4. The number of ketones is 2. The minimum atomic E-state index is -1.38. The summed E-state index contributed by atoms with van der Waals surface area (Å²) in [5.41, 5.74) is -2.39. The number of ether oxygens (including phenoxy) is 8. The lowest BCUT2D eigenvalue weighted by Gasteiger charge is -2.43. The van der Waals surface area contributed by atoms with Gasteiger partial charge in [0.15, 0.2) is 20.4 Å². The number of hydrogen-bond donors (Lipinski definition) is 2. The third kappa shape index (κ3) is 4.33. The molecule has 2 aromatic carbocycles. The molecule has 5 atom stereocenters. The van der Waals surface area contributed by atoms with Gasteiger partial charge in [-0.25, -0.2) is 4.79 Å². The lowest BCUT2D eigenvalue weighted by Crippen LogP contribution is -2.55. The average Bonchev–Trinajstić information content (AvgIpc) is 3.83. The number of anilines is 1. The average molecular weight is 670 g/mol. The highest BCUT2D eigenvalue weighted by Gasteiger charge is 2.85. The normalized spacial score (nSPS) is 26.9. The van der Waals surface area contributed by atoms with Crippen LogP contribution in [0.1, 0.15) is 44.3 Å². The van der Waals surface area contributed by atoms with E-state index in [-0.39, 0.29) is 71.2 Å². The topological polar surface area (TPSA) is 161 Å². The molecule has 1 fully saturated rings. The molecule has 2 aliphatic heterocycles. The fourth-order valence-corrected chi connectivity index (χ4v) is 7.57. The molecule has 13 nitrogen and oxygen atoms in total. The molecular formula is C36H31NO12. The van der Waals surface area contributed by atoms with Crippen molar-refractivity contribution in [1.82, 2.24) is 0 Å². The number of phenolic OH excluding ortho intramolecular Hbond substituents is 1. The van der Waals surface area contributed by atoms with E-state index in [1.165, 1.54) is 46.6 Å². The van der Waals surface area contributed by atoms with Crippen molar-refractivity contribution in [3.05, 3.63) is 69.5 Å². The number of benzene rings is 2. The molecule has 252 valence electrons. The van der Waals surface area contributed by atoms with Gasteiger partial charge < -0.3 is 48.3 Å². The summed E-state index contributed by atoms with van der Waals surface area (Å²) in [6.07, 6.45) is 3.15. The van der Waals surface area contributed by atoms with Crippen LogP contribution in [0.25, 0.3) is 0 Å². The van der Waals surface area contributed by atoms with Crippen molar-refractivity contribution in [2.45, 2.75) is 24.2 Å². The Morgan fingerprint density at radius 3 is 2.12 bits per heavy atom. The molecule has 3 aliphatic carbocycles. The quantitative estimate of drug-likeness (QED) is 0.107. The maximum Gasteiger partial charge on any atom is 0.339 e. The van der Waals surface area contributed by atoms with Gasteiger partial charge in [0.25, 0.3) is 0 Å². The molecule has 2 aromatic rings. The van der Waals surface area contributed by atoms with Gasteiger partial charge in [-0.3, -0.25) is 9.59 Å². The fourth-order valence-electron chi connectivity index (χ4n) is 7.57. The van der Waals surface area contributed by atoms with Crippen LogP contribution in [0.2, 0.25) is 0 Å². The van der Waals surface area contributed by atoms with Crippen LogP contribution in [0, 0.1) is 35.5 Å². The SMILES string of the molecule is COCOC(=O)C1=C(OC)[C@H]2C#C/C=C\C#C[C@@H]3Nc4c(cc(O)c5c4C(=O)c4c(OCOC)ccc(OCOC)c4C5=O)[C@]24O[C@@]34[C@H]1C. The van der Waals surface area contributed by atoms with Crippen LogP contribution in [0.4, 0.5) is 5.69 Å². The molecule has 4 bridgehead atoms. The lowest BCUT2D eigenvalue weighted by atomic mass is 9.59. The predicted molar refractivity (Wildman–Crippen MR) is 169 cm³/mol. The monoisotopic (exact) mass is 669 g/mol. The smallest absolute Gasteiger partial charge is 0.339 e. The van der Waals surface area contributed by atoms with Gasteiger partial charge in [-0.05, 0) is 30.4 Å². The Hall–Kier alpha value is -5.31. The number of nitrogens with one attached hydrogen (secondary N) is 1. The summed E-state index contributed by atoms with van der Waals surface area (Å²) in [4.78, 5) is 42.6. The number of hydrogen-bond acceptors (Lipinski definition) is 13. The van der Waals surface area contributed by atoms with Crippen LogP contribution in [0.15, 0.2) is 41.7 Å². The number of fused-ring (bicyclic) bond motifs is 4. The first kappa shape index (κ1) is 32.2. The summed E-state index contributed by atoms with van der Waals surface area (Å²) in [7, 11) is 5.66. The largest absolute Gasteiger partial charge is 0.507 e. The number of epoxide rings is 1.